The Labute approximate surface area is 157 Å². The molecule has 26 heavy (non-hydrogen) atoms. The van der Waals surface area contributed by atoms with Crippen LogP contribution in [0.25, 0.3) is 0 Å². The Morgan fingerprint density at radius 2 is 2.12 bits per heavy atom. The maximum absolute atomic E-state index is 12.3. The molecule has 7 nitrogen and oxygen atoms in total. The van der Waals surface area contributed by atoms with Crippen molar-refractivity contribution in [2.24, 2.45) is 0 Å². The van der Waals surface area contributed by atoms with Crippen LogP contribution in [0.4, 0.5) is 11.4 Å². The van der Waals surface area contributed by atoms with Gasteiger partial charge in [-0.3, -0.25) is 9.36 Å². The van der Waals surface area contributed by atoms with Gasteiger partial charge in [-0.05, 0) is 49.9 Å². The van der Waals surface area contributed by atoms with Gasteiger partial charge in [0.05, 0.1) is 5.75 Å². The molecular formula is C18H25N5O2S. The van der Waals surface area contributed by atoms with Gasteiger partial charge in [0, 0.05) is 31.0 Å². The number of thioether (sulfide) groups is 1. The van der Waals surface area contributed by atoms with Gasteiger partial charge in [-0.2, -0.15) is 0 Å². The number of rotatable bonds is 7. The van der Waals surface area contributed by atoms with Crippen molar-refractivity contribution in [2.75, 3.05) is 29.1 Å². The van der Waals surface area contributed by atoms with Gasteiger partial charge in [0.25, 0.3) is 0 Å². The first-order valence-electron chi connectivity index (χ1n) is 9.02. The number of aromatic amines is 1. The summed E-state index contributed by atoms with van der Waals surface area (Å²) in [6, 6.07) is 6.15. The molecular weight excluding hydrogens is 350 g/mol. The third kappa shape index (κ3) is 4.30. The predicted molar refractivity (Wildman–Crippen MR) is 105 cm³/mol. The summed E-state index contributed by atoms with van der Waals surface area (Å²) in [4.78, 5) is 26.3. The van der Waals surface area contributed by atoms with Crippen molar-refractivity contribution in [1.29, 1.82) is 0 Å². The Balaban J connectivity index is 1.59. The van der Waals surface area contributed by atoms with E-state index >= 15 is 0 Å². The molecule has 1 amide bonds. The highest BCUT2D eigenvalue weighted by Gasteiger charge is 2.14. The zero-order valence-corrected chi connectivity index (χ0v) is 16.1. The SMILES string of the molecule is CCCn1c(SCC(=O)Nc2ccc(N3CCCC3)cc2C)n[nH]c1=O. The van der Waals surface area contributed by atoms with Gasteiger partial charge >= 0.3 is 5.69 Å². The zero-order valence-electron chi connectivity index (χ0n) is 15.2. The molecule has 1 aromatic heterocycles. The Kier molecular flexibility index (Phi) is 6.03. The third-order valence-corrected chi connectivity index (χ3v) is 5.43. The van der Waals surface area contributed by atoms with Gasteiger partial charge in [-0.1, -0.05) is 18.7 Å². The molecule has 0 bridgehead atoms. The molecule has 0 unspecified atom stereocenters. The summed E-state index contributed by atoms with van der Waals surface area (Å²) >= 11 is 1.26. The average molecular weight is 375 g/mol. The number of amides is 1. The molecule has 0 spiro atoms. The van der Waals surface area contributed by atoms with Crippen LogP contribution in [0.3, 0.4) is 0 Å². The van der Waals surface area contributed by atoms with Crippen molar-refractivity contribution in [1.82, 2.24) is 14.8 Å². The molecule has 2 heterocycles. The lowest BCUT2D eigenvalue weighted by Crippen LogP contribution is -2.19. The largest absolute Gasteiger partial charge is 0.372 e. The molecule has 0 aliphatic carbocycles. The van der Waals surface area contributed by atoms with Crippen LogP contribution >= 0.6 is 11.8 Å². The lowest BCUT2D eigenvalue weighted by Gasteiger charge is -2.19. The molecule has 3 rings (SSSR count). The van der Waals surface area contributed by atoms with E-state index in [0.717, 1.165) is 30.8 Å². The summed E-state index contributed by atoms with van der Waals surface area (Å²) in [7, 11) is 0. The van der Waals surface area contributed by atoms with Crippen LogP contribution < -0.4 is 15.9 Å². The van der Waals surface area contributed by atoms with Crippen LogP contribution in [0.2, 0.25) is 0 Å². The van der Waals surface area contributed by atoms with Crippen molar-refractivity contribution in [2.45, 2.75) is 44.8 Å². The minimum Gasteiger partial charge on any atom is -0.372 e. The standard InChI is InChI=1S/C18H25N5O2S/c1-3-8-23-17(25)20-21-18(23)26-12-16(24)19-15-7-6-14(11-13(15)2)22-9-4-5-10-22/h6-7,11H,3-5,8-10,12H2,1-2H3,(H,19,24)(H,20,25). The quantitative estimate of drug-likeness (QED) is 0.727. The molecule has 8 heteroatoms. The fraction of sp³-hybridized carbons (Fsp3) is 0.500. The molecule has 2 aromatic rings. The molecule has 1 fully saturated rings. The number of carbonyl (C=O) groups is 1. The second-order valence-electron chi connectivity index (χ2n) is 6.49. The first kappa shape index (κ1) is 18.6. The average Bonchev–Trinajstić information content (AvgIpc) is 3.27. The molecule has 2 N–H and O–H groups in total. The van der Waals surface area contributed by atoms with E-state index in [-0.39, 0.29) is 17.3 Å². The van der Waals surface area contributed by atoms with Crippen LogP contribution in [0.15, 0.2) is 28.2 Å². The summed E-state index contributed by atoms with van der Waals surface area (Å²) in [6.07, 6.45) is 3.32. The Bertz CT molecular complexity index is 823. The molecule has 1 aliphatic rings. The first-order valence-corrected chi connectivity index (χ1v) is 10.0. The number of nitrogens with zero attached hydrogens (tertiary/aromatic N) is 3. The van der Waals surface area contributed by atoms with Gasteiger partial charge in [-0.15, -0.1) is 5.10 Å². The number of aryl methyl sites for hydroxylation is 1. The number of carbonyl (C=O) groups excluding carboxylic acids is 1. The third-order valence-electron chi connectivity index (χ3n) is 4.46. The highest BCUT2D eigenvalue weighted by molar-refractivity contribution is 7.99. The number of anilines is 2. The Morgan fingerprint density at radius 1 is 1.35 bits per heavy atom. The highest BCUT2D eigenvalue weighted by Crippen LogP contribution is 2.25. The van der Waals surface area contributed by atoms with Crippen molar-refractivity contribution in [3.63, 3.8) is 0 Å². The minimum absolute atomic E-state index is 0.106. The van der Waals surface area contributed by atoms with Crippen LogP contribution in [0.5, 0.6) is 0 Å². The number of nitrogens with one attached hydrogen (secondary N) is 2. The summed E-state index contributed by atoms with van der Waals surface area (Å²) in [5.74, 6) is 0.104. The van der Waals surface area contributed by atoms with E-state index < -0.39 is 0 Å². The Hall–Kier alpha value is -2.22. The maximum Gasteiger partial charge on any atom is 0.343 e. The number of hydrogen-bond donors (Lipinski definition) is 2. The van der Waals surface area contributed by atoms with Gasteiger partial charge < -0.3 is 10.2 Å². The van der Waals surface area contributed by atoms with E-state index in [2.05, 4.69) is 32.5 Å². The minimum atomic E-state index is -0.233. The maximum atomic E-state index is 12.3. The predicted octanol–water partition coefficient (Wildman–Crippen LogP) is 2.62. The fourth-order valence-corrected chi connectivity index (χ4v) is 3.88. The first-order chi connectivity index (χ1) is 12.6. The number of H-pyrrole nitrogens is 1. The van der Waals surface area contributed by atoms with Crippen molar-refractivity contribution in [3.05, 3.63) is 34.2 Å². The molecule has 0 saturated carbocycles. The van der Waals surface area contributed by atoms with E-state index in [0.29, 0.717) is 11.7 Å². The number of benzene rings is 1. The van der Waals surface area contributed by atoms with Crippen LogP contribution in [0, 0.1) is 6.92 Å². The smallest absolute Gasteiger partial charge is 0.343 e. The van der Waals surface area contributed by atoms with E-state index in [4.69, 9.17) is 0 Å². The van der Waals surface area contributed by atoms with Gasteiger partial charge in [-0.25, -0.2) is 9.89 Å². The van der Waals surface area contributed by atoms with E-state index in [1.165, 1.54) is 30.3 Å². The second-order valence-corrected chi connectivity index (χ2v) is 7.44. The summed E-state index contributed by atoms with van der Waals surface area (Å²) in [6.45, 7) is 6.80. The lowest BCUT2D eigenvalue weighted by atomic mass is 10.1. The van der Waals surface area contributed by atoms with Gasteiger partial charge in [0.15, 0.2) is 5.16 Å². The van der Waals surface area contributed by atoms with Crippen molar-refractivity contribution >= 4 is 29.0 Å². The topological polar surface area (TPSA) is 83.0 Å². The Morgan fingerprint density at radius 3 is 2.81 bits per heavy atom. The van der Waals surface area contributed by atoms with Gasteiger partial charge in [0.2, 0.25) is 5.91 Å². The van der Waals surface area contributed by atoms with E-state index in [1.54, 1.807) is 4.57 Å². The number of hydrogen-bond acceptors (Lipinski definition) is 5. The molecule has 0 radical (unpaired) electrons. The molecule has 140 valence electrons. The summed E-state index contributed by atoms with van der Waals surface area (Å²) < 4.78 is 1.56. The second kappa shape index (κ2) is 8.44. The molecule has 1 aromatic carbocycles. The summed E-state index contributed by atoms with van der Waals surface area (Å²) in [5.41, 5.74) is 2.86. The van der Waals surface area contributed by atoms with E-state index in [9.17, 15) is 9.59 Å². The van der Waals surface area contributed by atoms with E-state index in [1.807, 2.05) is 19.9 Å². The van der Waals surface area contributed by atoms with Gasteiger partial charge in [0.1, 0.15) is 0 Å². The van der Waals surface area contributed by atoms with Crippen molar-refractivity contribution < 1.29 is 4.79 Å². The van der Waals surface area contributed by atoms with Crippen LogP contribution in [-0.2, 0) is 11.3 Å². The monoisotopic (exact) mass is 375 g/mol. The summed E-state index contributed by atoms with van der Waals surface area (Å²) in [5, 5.41) is 9.93. The molecule has 0 atom stereocenters. The molecule has 1 aliphatic heterocycles. The fourth-order valence-electron chi connectivity index (χ4n) is 3.11. The zero-order chi connectivity index (χ0) is 18.5. The van der Waals surface area contributed by atoms with Crippen LogP contribution in [-0.4, -0.2) is 39.5 Å². The molecule has 1 saturated heterocycles. The van der Waals surface area contributed by atoms with Crippen molar-refractivity contribution in [3.8, 4) is 0 Å². The number of aromatic nitrogens is 3. The normalized spacial score (nSPS) is 14.0. The lowest BCUT2D eigenvalue weighted by molar-refractivity contribution is -0.113. The highest BCUT2D eigenvalue weighted by atomic mass is 32.2. The van der Waals surface area contributed by atoms with Crippen LogP contribution in [0.1, 0.15) is 31.7 Å².